The van der Waals surface area contributed by atoms with Crippen molar-refractivity contribution in [3.63, 3.8) is 0 Å². The first kappa shape index (κ1) is 23.4. The molecule has 0 amide bonds. The van der Waals surface area contributed by atoms with E-state index >= 15 is 0 Å². The fraction of sp³-hybridized carbons (Fsp3) is 0.500. The molecule has 5 heterocycles. The number of likely N-dealkylation sites (N-methyl/N-ethyl adjacent to an activating group) is 1. The Morgan fingerprint density at radius 1 is 1.00 bits per heavy atom. The van der Waals surface area contributed by atoms with Gasteiger partial charge in [0.05, 0.1) is 0 Å². The van der Waals surface area contributed by atoms with Crippen LogP contribution in [0.4, 0.5) is 0 Å². The molecule has 6 heteroatoms. The van der Waals surface area contributed by atoms with Crippen molar-refractivity contribution in [2.45, 2.75) is 50.2 Å². The number of hydrogen-bond acceptors (Lipinski definition) is 5. The average Bonchev–Trinajstić information content (AvgIpc) is 3.68. The van der Waals surface area contributed by atoms with E-state index in [1.807, 2.05) is 0 Å². The van der Waals surface area contributed by atoms with Crippen LogP contribution in [0.3, 0.4) is 0 Å². The lowest BCUT2D eigenvalue weighted by atomic mass is 9.74. The van der Waals surface area contributed by atoms with Crippen molar-refractivity contribution in [2.24, 2.45) is 5.92 Å². The Kier molecular flexibility index (Phi) is 5.74. The molecule has 5 atom stereocenters. The van der Waals surface area contributed by atoms with Crippen molar-refractivity contribution in [1.29, 1.82) is 0 Å². The van der Waals surface area contributed by atoms with E-state index in [2.05, 4.69) is 86.8 Å². The smallest absolute Gasteiger partial charge is 0.128 e. The molecule has 0 spiro atoms. The number of benzene rings is 2. The molecule has 0 radical (unpaired) electrons. The lowest BCUT2D eigenvalue weighted by molar-refractivity contribution is -0.0795. The molecule has 8 rings (SSSR count). The van der Waals surface area contributed by atoms with E-state index in [0.29, 0.717) is 18.0 Å². The van der Waals surface area contributed by atoms with Gasteiger partial charge in [-0.2, -0.15) is 0 Å². The summed E-state index contributed by atoms with van der Waals surface area (Å²) in [5, 5.41) is 5.34. The lowest BCUT2D eigenvalue weighted by Crippen LogP contribution is -2.54. The summed E-state index contributed by atoms with van der Waals surface area (Å²) < 4.78 is 6.68. The average molecular weight is 510 g/mol. The van der Waals surface area contributed by atoms with E-state index in [9.17, 15) is 0 Å². The zero-order valence-electron chi connectivity index (χ0n) is 22.4. The SMILES string of the molecule is CN1C[C@H](CN[C@H]2CN3CCN4CCC[C@H]4[C@@H]3O2)C(Cc2ccccc2)=C2c3cccc4[nH]cc(c34)C[C@H]21. The third kappa shape index (κ3) is 3.81. The number of fused-ring (bicyclic) bond motifs is 5. The van der Waals surface area contributed by atoms with Crippen LogP contribution in [0.1, 0.15) is 29.5 Å². The largest absolute Gasteiger partial charge is 0.361 e. The summed E-state index contributed by atoms with van der Waals surface area (Å²) in [7, 11) is 2.33. The maximum absolute atomic E-state index is 6.68. The number of nitrogens with zero attached hydrogens (tertiary/aromatic N) is 3. The van der Waals surface area contributed by atoms with Gasteiger partial charge >= 0.3 is 0 Å². The van der Waals surface area contributed by atoms with E-state index in [1.165, 1.54) is 53.5 Å². The molecule has 3 aromatic rings. The minimum absolute atomic E-state index is 0.123. The topological polar surface area (TPSA) is 46.8 Å². The zero-order valence-corrected chi connectivity index (χ0v) is 22.4. The van der Waals surface area contributed by atoms with Gasteiger partial charge in [-0.15, -0.1) is 0 Å². The maximum Gasteiger partial charge on any atom is 0.128 e. The zero-order chi connectivity index (χ0) is 25.2. The van der Waals surface area contributed by atoms with Crippen molar-refractivity contribution in [2.75, 3.05) is 46.3 Å². The molecule has 6 nitrogen and oxygen atoms in total. The molecule has 2 N–H and O–H groups in total. The lowest BCUT2D eigenvalue weighted by Gasteiger charge is -2.43. The molecular formula is C32H39N5O. The minimum atomic E-state index is 0.123. The van der Waals surface area contributed by atoms with Crippen molar-refractivity contribution in [3.05, 3.63) is 77.0 Å². The number of H-pyrrole nitrogens is 1. The first-order chi connectivity index (χ1) is 18.7. The molecule has 4 aliphatic heterocycles. The predicted octanol–water partition coefficient (Wildman–Crippen LogP) is 3.70. The van der Waals surface area contributed by atoms with E-state index < -0.39 is 0 Å². The van der Waals surface area contributed by atoms with Gasteiger partial charge in [-0.05, 0) is 67.6 Å². The summed E-state index contributed by atoms with van der Waals surface area (Å²) in [5.74, 6) is 0.450. The van der Waals surface area contributed by atoms with Gasteiger partial charge in [0.15, 0.2) is 0 Å². The van der Waals surface area contributed by atoms with Crippen molar-refractivity contribution in [1.82, 2.24) is 25.0 Å². The molecule has 3 saturated heterocycles. The van der Waals surface area contributed by atoms with Crippen LogP contribution in [0.15, 0.2) is 60.3 Å². The van der Waals surface area contributed by atoms with Crippen molar-refractivity contribution < 1.29 is 4.74 Å². The molecule has 1 aliphatic carbocycles. The minimum Gasteiger partial charge on any atom is -0.361 e. The fourth-order valence-electron chi connectivity index (χ4n) is 8.20. The first-order valence-electron chi connectivity index (χ1n) is 14.7. The van der Waals surface area contributed by atoms with Crippen molar-refractivity contribution in [3.8, 4) is 0 Å². The molecule has 0 saturated carbocycles. The third-order valence-corrected chi connectivity index (χ3v) is 10.0. The number of ether oxygens (including phenoxy) is 1. The quantitative estimate of drug-likeness (QED) is 0.549. The normalized spacial score (nSPS) is 31.6. The van der Waals surface area contributed by atoms with Gasteiger partial charge in [0, 0.05) is 67.8 Å². The van der Waals surface area contributed by atoms with Crippen LogP contribution in [-0.4, -0.2) is 90.5 Å². The van der Waals surface area contributed by atoms with Gasteiger partial charge in [0.25, 0.3) is 0 Å². The summed E-state index contributed by atoms with van der Waals surface area (Å²) in [6.45, 7) is 6.63. The van der Waals surface area contributed by atoms with Crippen LogP contribution in [0.5, 0.6) is 0 Å². The Morgan fingerprint density at radius 2 is 1.89 bits per heavy atom. The van der Waals surface area contributed by atoms with Gasteiger partial charge in [-0.1, -0.05) is 48.0 Å². The van der Waals surface area contributed by atoms with E-state index in [1.54, 1.807) is 11.1 Å². The highest BCUT2D eigenvalue weighted by atomic mass is 16.5. The molecule has 5 aliphatic rings. The highest BCUT2D eigenvalue weighted by Gasteiger charge is 2.45. The Balaban J connectivity index is 1.12. The van der Waals surface area contributed by atoms with Crippen LogP contribution in [-0.2, 0) is 17.6 Å². The highest BCUT2D eigenvalue weighted by molar-refractivity contribution is 5.99. The summed E-state index contributed by atoms with van der Waals surface area (Å²) in [4.78, 5) is 11.4. The Hall–Kier alpha value is -2.48. The van der Waals surface area contributed by atoms with Crippen LogP contribution in [0, 0.1) is 5.92 Å². The van der Waals surface area contributed by atoms with Crippen LogP contribution in [0.2, 0.25) is 0 Å². The Labute approximate surface area is 225 Å². The number of aromatic nitrogens is 1. The molecular weight excluding hydrogens is 470 g/mol. The van der Waals surface area contributed by atoms with Gasteiger partial charge in [0.1, 0.15) is 12.5 Å². The molecule has 38 heavy (non-hydrogen) atoms. The third-order valence-electron chi connectivity index (χ3n) is 10.0. The summed E-state index contributed by atoms with van der Waals surface area (Å²) in [6.07, 6.45) is 7.33. The summed E-state index contributed by atoms with van der Waals surface area (Å²) in [5.41, 5.74) is 8.76. The van der Waals surface area contributed by atoms with Crippen molar-refractivity contribution >= 4 is 16.5 Å². The predicted molar refractivity (Wildman–Crippen MR) is 152 cm³/mol. The van der Waals surface area contributed by atoms with Crippen LogP contribution >= 0.6 is 0 Å². The summed E-state index contributed by atoms with van der Waals surface area (Å²) in [6, 6.07) is 18.9. The number of piperazine rings is 1. The molecule has 3 fully saturated rings. The highest BCUT2D eigenvalue weighted by Crippen LogP contribution is 2.44. The summed E-state index contributed by atoms with van der Waals surface area (Å²) >= 11 is 0. The Morgan fingerprint density at radius 3 is 2.82 bits per heavy atom. The monoisotopic (exact) mass is 509 g/mol. The van der Waals surface area contributed by atoms with Gasteiger partial charge < -0.3 is 9.72 Å². The van der Waals surface area contributed by atoms with Crippen LogP contribution < -0.4 is 5.32 Å². The van der Waals surface area contributed by atoms with Crippen LogP contribution in [0.25, 0.3) is 16.5 Å². The second kappa shape index (κ2) is 9.32. The molecule has 0 unspecified atom stereocenters. The Bertz CT molecular complexity index is 1360. The molecule has 0 bridgehead atoms. The standard InChI is InChI=1S/C32H39N5O/c1-35-19-23(18-34-29-20-37-14-13-36-12-6-11-27(36)32(37)38-29)25(15-21-7-3-2-4-8-21)31-24-9-5-10-26-30(24)22(17-33-26)16-28(31)35/h2-5,7-10,17,23,27-29,32-34H,6,11-16,18-20H2,1H3/t23-,27-,28+,29+,32-/m0/s1. The van der Waals surface area contributed by atoms with Gasteiger partial charge in [-0.25, -0.2) is 0 Å². The van der Waals surface area contributed by atoms with E-state index in [-0.39, 0.29) is 12.5 Å². The maximum atomic E-state index is 6.68. The molecule has 2 aromatic carbocycles. The van der Waals surface area contributed by atoms with Gasteiger partial charge in [-0.3, -0.25) is 20.0 Å². The number of rotatable bonds is 5. The number of hydrogen-bond donors (Lipinski definition) is 2. The molecule has 198 valence electrons. The first-order valence-corrected chi connectivity index (χ1v) is 14.7. The van der Waals surface area contributed by atoms with E-state index in [0.717, 1.165) is 39.0 Å². The van der Waals surface area contributed by atoms with E-state index in [4.69, 9.17) is 4.74 Å². The van der Waals surface area contributed by atoms with Gasteiger partial charge in [0.2, 0.25) is 0 Å². The molecule has 1 aromatic heterocycles. The second-order valence-electron chi connectivity index (χ2n) is 12.2. The number of aromatic amines is 1. The number of nitrogens with one attached hydrogen (secondary N) is 2. The second-order valence-corrected chi connectivity index (χ2v) is 12.2. The fourth-order valence-corrected chi connectivity index (χ4v) is 8.20.